The number of hydrogen-bond donors (Lipinski definition) is 1. The second-order valence-corrected chi connectivity index (χ2v) is 10.4. The van der Waals surface area contributed by atoms with Gasteiger partial charge >= 0.3 is 0 Å². The van der Waals surface area contributed by atoms with Crippen molar-refractivity contribution in [1.82, 2.24) is 0 Å². The molecule has 0 aliphatic carbocycles. The molecule has 7 heteroatoms. The Morgan fingerprint density at radius 3 is 2.44 bits per heavy atom. The average Bonchev–Trinajstić information content (AvgIpc) is 2.78. The largest absolute Gasteiger partial charge is 0.493 e. The molecule has 4 nitrogen and oxygen atoms in total. The van der Waals surface area contributed by atoms with Crippen LogP contribution >= 0.6 is 31.9 Å². The number of amides is 1. The van der Waals surface area contributed by atoms with E-state index < -0.39 is 0 Å². The molecule has 0 aliphatic heterocycles. The molecule has 0 unspecified atom stereocenters. The van der Waals surface area contributed by atoms with Crippen molar-refractivity contribution in [3.63, 3.8) is 0 Å². The number of methoxy groups -OCH3 is 1. The number of carbonyl (C=O) groups is 1. The standard InChI is InChI=1S/C27H26Br2FNO3/c1-27(2,3)19-10-11-23(20(28)15-19)31-25(32)12-9-17-13-21(29)26(24(14-17)33-4)34-16-18-7-5-6-8-22(18)30/h5-15H,16H2,1-4H3,(H,31,32)/b12-9+. The summed E-state index contributed by atoms with van der Waals surface area (Å²) in [4.78, 5) is 12.5. The number of anilines is 1. The van der Waals surface area contributed by atoms with Crippen LogP contribution in [0.25, 0.3) is 6.08 Å². The van der Waals surface area contributed by atoms with Gasteiger partial charge in [-0.2, -0.15) is 0 Å². The first-order chi connectivity index (χ1) is 16.1. The second-order valence-electron chi connectivity index (χ2n) is 8.68. The van der Waals surface area contributed by atoms with Gasteiger partial charge in [-0.1, -0.05) is 45.0 Å². The molecule has 3 aromatic rings. The van der Waals surface area contributed by atoms with Crippen LogP contribution in [0.1, 0.15) is 37.5 Å². The van der Waals surface area contributed by atoms with Crippen molar-refractivity contribution in [1.29, 1.82) is 0 Å². The van der Waals surface area contributed by atoms with E-state index in [9.17, 15) is 9.18 Å². The zero-order valence-electron chi connectivity index (χ0n) is 19.4. The zero-order valence-corrected chi connectivity index (χ0v) is 22.6. The van der Waals surface area contributed by atoms with Gasteiger partial charge in [0.2, 0.25) is 5.91 Å². The molecular weight excluding hydrogens is 565 g/mol. The lowest BCUT2D eigenvalue weighted by atomic mass is 9.87. The highest BCUT2D eigenvalue weighted by Gasteiger charge is 2.16. The molecule has 0 saturated carbocycles. The smallest absolute Gasteiger partial charge is 0.248 e. The number of nitrogens with one attached hydrogen (secondary N) is 1. The maximum absolute atomic E-state index is 13.9. The fraction of sp³-hybridized carbons (Fsp3) is 0.222. The van der Waals surface area contributed by atoms with E-state index in [4.69, 9.17) is 9.47 Å². The molecule has 0 radical (unpaired) electrons. The van der Waals surface area contributed by atoms with Gasteiger partial charge in [-0.3, -0.25) is 4.79 Å². The van der Waals surface area contributed by atoms with Crippen molar-refractivity contribution in [3.8, 4) is 11.5 Å². The normalized spacial score (nSPS) is 11.5. The summed E-state index contributed by atoms with van der Waals surface area (Å²) in [6.45, 7) is 6.47. The number of hydrogen-bond acceptors (Lipinski definition) is 3. The molecule has 3 rings (SSSR count). The third kappa shape index (κ3) is 6.70. The highest BCUT2D eigenvalue weighted by atomic mass is 79.9. The Bertz CT molecular complexity index is 1220. The quantitative estimate of drug-likeness (QED) is 0.285. The van der Waals surface area contributed by atoms with Crippen LogP contribution in [0.15, 0.2) is 69.6 Å². The summed E-state index contributed by atoms with van der Waals surface area (Å²) in [5.74, 6) is 0.323. The molecule has 0 bridgehead atoms. The molecule has 0 aromatic heterocycles. The Morgan fingerprint density at radius 1 is 1.06 bits per heavy atom. The maximum atomic E-state index is 13.9. The first-order valence-corrected chi connectivity index (χ1v) is 12.2. The van der Waals surface area contributed by atoms with E-state index in [1.165, 1.54) is 24.8 Å². The summed E-state index contributed by atoms with van der Waals surface area (Å²) in [5.41, 5.74) is 3.06. The Balaban J connectivity index is 1.71. The Labute approximate surface area is 216 Å². The first-order valence-electron chi connectivity index (χ1n) is 10.6. The van der Waals surface area contributed by atoms with Gasteiger partial charge in [0.15, 0.2) is 11.5 Å². The minimum absolute atomic E-state index is 0.0164. The highest BCUT2D eigenvalue weighted by molar-refractivity contribution is 9.11. The zero-order chi connectivity index (χ0) is 24.9. The molecule has 1 N–H and O–H groups in total. The van der Waals surface area contributed by atoms with Crippen LogP contribution in [0.3, 0.4) is 0 Å². The van der Waals surface area contributed by atoms with Crippen molar-refractivity contribution < 1.29 is 18.7 Å². The van der Waals surface area contributed by atoms with Crippen LogP contribution < -0.4 is 14.8 Å². The van der Waals surface area contributed by atoms with E-state index in [2.05, 4.69) is 57.9 Å². The first kappa shape index (κ1) is 26.0. The van der Waals surface area contributed by atoms with Crippen LogP contribution in [0.2, 0.25) is 0 Å². The van der Waals surface area contributed by atoms with Crippen molar-refractivity contribution in [2.45, 2.75) is 32.8 Å². The molecule has 0 aliphatic rings. The van der Waals surface area contributed by atoms with E-state index in [0.717, 1.165) is 10.0 Å². The van der Waals surface area contributed by atoms with Crippen LogP contribution in [0.4, 0.5) is 10.1 Å². The summed E-state index contributed by atoms with van der Waals surface area (Å²) in [6.07, 6.45) is 3.13. The van der Waals surface area contributed by atoms with E-state index in [0.29, 0.717) is 27.2 Å². The fourth-order valence-corrected chi connectivity index (χ4v) is 4.22. The molecule has 34 heavy (non-hydrogen) atoms. The van der Waals surface area contributed by atoms with E-state index in [1.54, 1.807) is 36.4 Å². The van der Waals surface area contributed by atoms with Crippen LogP contribution in [0, 0.1) is 5.82 Å². The van der Waals surface area contributed by atoms with Gasteiger partial charge in [-0.15, -0.1) is 0 Å². The molecule has 3 aromatic carbocycles. The van der Waals surface area contributed by atoms with Gasteiger partial charge < -0.3 is 14.8 Å². The maximum Gasteiger partial charge on any atom is 0.248 e. The van der Waals surface area contributed by atoms with Gasteiger partial charge in [0.1, 0.15) is 12.4 Å². The lowest BCUT2D eigenvalue weighted by molar-refractivity contribution is -0.111. The van der Waals surface area contributed by atoms with E-state index in [1.807, 2.05) is 18.2 Å². The summed E-state index contributed by atoms with van der Waals surface area (Å²) in [5, 5.41) is 2.88. The number of benzene rings is 3. The Morgan fingerprint density at radius 2 is 1.79 bits per heavy atom. The van der Waals surface area contributed by atoms with Crippen molar-refractivity contribution in [2.24, 2.45) is 0 Å². The average molecular weight is 591 g/mol. The highest BCUT2D eigenvalue weighted by Crippen LogP contribution is 2.38. The van der Waals surface area contributed by atoms with Crippen molar-refractivity contribution >= 4 is 49.5 Å². The molecule has 0 atom stereocenters. The van der Waals surface area contributed by atoms with Crippen molar-refractivity contribution in [2.75, 3.05) is 12.4 Å². The second kappa shape index (κ2) is 11.2. The van der Waals surface area contributed by atoms with E-state index >= 15 is 0 Å². The van der Waals surface area contributed by atoms with Crippen LogP contribution in [-0.2, 0) is 16.8 Å². The molecule has 178 valence electrons. The van der Waals surface area contributed by atoms with Gasteiger partial charge in [-0.05, 0) is 84.8 Å². The molecule has 0 heterocycles. The minimum atomic E-state index is -0.331. The molecular formula is C27H26Br2FNO3. The summed E-state index contributed by atoms with van der Waals surface area (Å²) >= 11 is 7.02. The van der Waals surface area contributed by atoms with Gasteiger partial charge in [0.25, 0.3) is 0 Å². The predicted molar refractivity (Wildman–Crippen MR) is 142 cm³/mol. The fourth-order valence-electron chi connectivity index (χ4n) is 3.17. The SMILES string of the molecule is COc1cc(/C=C/C(=O)Nc2ccc(C(C)(C)C)cc2Br)cc(Br)c1OCc1ccccc1F. The van der Waals surface area contributed by atoms with Gasteiger partial charge in [0, 0.05) is 16.1 Å². The minimum Gasteiger partial charge on any atom is -0.493 e. The molecule has 1 amide bonds. The van der Waals surface area contributed by atoms with Crippen molar-refractivity contribution in [3.05, 3.63) is 92.1 Å². The number of rotatable bonds is 7. The predicted octanol–water partition coefficient (Wildman–Crippen LogP) is 7.89. The lowest BCUT2D eigenvalue weighted by Gasteiger charge is -2.20. The van der Waals surface area contributed by atoms with E-state index in [-0.39, 0.29) is 23.7 Å². The van der Waals surface area contributed by atoms with Gasteiger partial charge in [-0.25, -0.2) is 4.39 Å². The van der Waals surface area contributed by atoms with Gasteiger partial charge in [0.05, 0.1) is 17.3 Å². The molecule has 0 saturated heterocycles. The summed E-state index contributed by atoms with van der Waals surface area (Å²) < 4.78 is 26.6. The topological polar surface area (TPSA) is 47.6 Å². The summed E-state index contributed by atoms with van der Waals surface area (Å²) in [7, 11) is 1.52. The molecule has 0 fully saturated rings. The third-order valence-corrected chi connectivity index (χ3v) is 6.35. The number of ether oxygens (including phenoxy) is 2. The van der Waals surface area contributed by atoms with Crippen LogP contribution in [-0.4, -0.2) is 13.0 Å². The Hall–Kier alpha value is -2.64. The monoisotopic (exact) mass is 589 g/mol. The number of carbonyl (C=O) groups excluding carboxylic acids is 1. The third-order valence-electron chi connectivity index (χ3n) is 5.10. The summed E-state index contributed by atoms with van der Waals surface area (Å²) in [6, 6.07) is 15.9. The Kier molecular flexibility index (Phi) is 8.55. The molecule has 0 spiro atoms. The van der Waals surface area contributed by atoms with Crippen LogP contribution in [0.5, 0.6) is 11.5 Å². The lowest BCUT2D eigenvalue weighted by Crippen LogP contribution is -2.12. The number of halogens is 3.